The number of nitrogens with zero attached hydrogens (tertiary/aromatic N) is 4. The molecule has 0 aliphatic heterocycles. The van der Waals surface area contributed by atoms with Gasteiger partial charge in [0.15, 0.2) is 5.82 Å². The quantitative estimate of drug-likeness (QED) is 0.789. The Morgan fingerprint density at radius 3 is 2.88 bits per heavy atom. The van der Waals surface area contributed by atoms with Gasteiger partial charge in [-0.1, -0.05) is 54.4 Å². The summed E-state index contributed by atoms with van der Waals surface area (Å²) >= 11 is 1.36. The number of carbonyl (C=O) groups is 1. The van der Waals surface area contributed by atoms with Crippen LogP contribution in [0.2, 0.25) is 0 Å². The van der Waals surface area contributed by atoms with E-state index in [0.29, 0.717) is 15.9 Å². The van der Waals surface area contributed by atoms with Crippen LogP contribution in [0.15, 0.2) is 24.3 Å². The molecule has 3 aromatic rings. The van der Waals surface area contributed by atoms with Gasteiger partial charge in [-0.25, -0.2) is 0 Å². The molecule has 0 spiro atoms. The van der Waals surface area contributed by atoms with Crippen molar-refractivity contribution in [2.75, 3.05) is 5.32 Å². The molecule has 0 saturated heterocycles. The van der Waals surface area contributed by atoms with Crippen LogP contribution < -0.4 is 5.32 Å². The fraction of sp³-hybridized carbons (Fsp3) is 0.412. The number of hydrogen-bond donors (Lipinski definition) is 1. The molecule has 2 heterocycles. The molecule has 1 aliphatic rings. The highest BCUT2D eigenvalue weighted by molar-refractivity contribution is 7.20. The van der Waals surface area contributed by atoms with Gasteiger partial charge in [0.1, 0.15) is 0 Å². The van der Waals surface area contributed by atoms with Gasteiger partial charge in [0.25, 0.3) is 0 Å². The maximum Gasteiger partial charge on any atom is 0.236 e. The number of anilines is 1. The van der Waals surface area contributed by atoms with Crippen molar-refractivity contribution in [3.8, 4) is 11.4 Å². The molecule has 1 amide bonds. The normalized spacial score (nSPS) is 15.7. The number of amides is 1. The molecule has 124 valence electrons. The molecular formula is C17H19N5OS. The molecule has 4 rings (SSSR count). The predicted octanol–water partition coefficient (Wildman–Crippen LogP) is 3.68. The van der Waals surface area contributed by atoms with Crippen LogP contribution in [0, 0.1) is 12.8 Å². The Hall–Kier alpha value is -2.28. The molecular weight excluding hydrogens is 322 g/mol. The van der Waals surface area contributed by atoms with Gasteiger partial charge in [-0.3, -0.25) is 4.79 Å². The summed E-state index contributed by atoms with van der Waals surface area (Å²) in [6, 6.07) is 8.07. The van der Waals surface area contributed by atoms with Gasteiger partial charge in [-0.2, -0.15) is 4.52 Å². The van der Waals surface area contributed by atoms with Crippen LogP contribution in [-0.4, -0.2) is 25.7 Å². The van der Waals surface area contributed by atoms with Crippen molar-refractivity contribution in [2.45, 2.75) is 39.0 Å². The Balaban J connectivity index is 1.59. The summed E-state index contributed by atoms with van der Waals surface area (Å²) in [6.45, 7) is 2.04. The lowest BCUT2D eigenvalue weighted by Crippen LogP contribution is -2.24. The van der Waals surface area contributed by atoms with Gasteiger partial charge < -0.3 is 5.32 Å². The van der Waals surface area contributed by atoms with Crippen molar-refractivity contribution < 1.29 is 4.79 Å². The van der Waals surface area contributed by atoms with Crippen LogP contribution in [-0.2, 0) is 4.79 Å². The molecule has 1 aromatic carbocycles. The third-order valence-corrected chi connectivity index (χ3v) is 5.29. The Labute approximate surface area is 143 Å². The zero-order valence-electron chi connectivity index (χ0n) is 13.5. The minimum atomic E-state index is 0.0803. The van der Waals surface area contributed by atoms with E-state index in [1.807, 2.05) is 25.1 Å². The molecule has 1 N–H and O–H groups in total. The number of carbonyl (C=O) groups excluding carboxylic acids is 1. The smallest absolute Gasteiger partial charge is 0.236 e. The van der Waals surface area contributed by atoms with Crippen molar-refractivity contribution in [1.82, 2.24) is 19.8 Å². The molecule has 2 aromatic heterocycles. The van der Waals surface area contributed by atoms with E-state index < -0.39 is 0 Å². The Morgan fingerprint density at radius 2 is 2.08 bits per heavy atom. The van der Waals surface area contributed by atoms with E-state index in [1.165, 1.54) is 17.8 Å². The molecule has 7 heteroatoms. The van der Waals surface area contributed by atoms with Crippen molar-refractivity contribution in [3.05, 3.63) is 29.8 Å². The van der Waals surface area contributed by atoms with Crippen LogP contribution in [0.5, 0.6) is 0 Å². The van der Waals surface area contributed by atoms with E-state index in [2.05, 4.69) is 26.7 Å². The van der Waals surface area contributed by atoms with Gasteiger partial charge in [0, 0.05) is 11.5 Å². The van der Waals surface area contributed by atoms with Crippen LogP contribution in [0.1, 0.15) is 37.7 Å². The minimum Gasteiger partial charge on any atom is -0.300 e. The van der Waals surface area contributed by atoms with Gasteiger partial charge in [-0.15, -0.1) is 15.3 Å². The fourth-order valence-corrected chi connectivity index (χ4v) is 3.95. The minimum absolute atomic E-state index is 0.0803. The van der Waals surface area contributed by atoms with Crippen molar-refractivity contribution in [3.63, 3.8) is 0 Å². The molecule has 0 unspecified atom stereocenters. The Bertz CT molecular complexity index is 878. The lowest BCUT2D eigenvalue weighted by molar-refractivity contribution is -0.120. The SMILES string of the molecule is Cc1cccc(-c2nnc3sc(NC(=O)C4CCCCC4)nn23)c1. The number of hydrogen-bond acceptors (Lipinski definition) is 5. The summed E-state index contributed by atoms with van der Waals surface area (Å²) in [5.74, 6) is 0.893. The zero-order valence-corrected chi connectivity index (χ0v) is 14.3. The first-order valence-electron chi connectivity index (χ1n) is 8.31. The molecule has 0 atom stereocenters. The number of aromatic nitrogens is 4. The van der Waals surface area contributed by atoms with Gasteiger partial charge >= 0.3 is 0 Å². The first-order chi connectivity index (χ1) is 11.7. The summed E-state index contributed by atoms with van der Waals surface area (Å²) in [4.78, 5) is 13.1. The van der Waals surface area contributed by atoms with Crippen LogP contribution in [0.3, 0.4) is 0 Å². The first kappa shape index (κ1) is 15.3. The van der Waals surface area contributed by atoms with Crippen molar-refractivity contribution in [1.29, 1.82) is 0 Å². The van der Waals surface area contributed by atoms with E-state index in [-0.39, 0.29) is 11.8 Å². The average Bonchev–Trinajstić information content (AvgIpc) is 3.15. The lowest BCUT2D eigenvalue weighted by Gasteiger charge is -2.19. The number of benzene rings is 1. The average molecular weight is 341 g/mol. The Kier molecular flexibility index (Phi) is 4.02. The lowest BCUT2D eigenvalue weighted by atomic mass is 9.89. The number of aryl methyl sites for hydroxylation is 1. The molecule has 24 heavy (non-hydrogen) atoms. The highest BCUT2D eigenvalue weighted by atomic mass is 32.1. The van der Waals surface area contributed by atoms with Gasteiger partial charge in [-0.05, 0) is 25.8 Å². The van der Waals surface area contributed by atoms with Crippen LogP contribution in [0.25, 0.3) is 16.3 Å². The summed E-state index contributed by atoms with van der Waals surface area (Å²) in [5, 5.41) is 16.4. The Morgan fingerprint density at radius 1 is 1.25 bits per heavy atom. The summed E-state index contributed by atoms with van der Waals surface area (Å²) in [5.41, 5.74) is 2.13. The summed E-state index contributed by atoms with van der Waals surface area (Å²) < 4.78 is 1.70. The van der Waals surface area contributed by atoms with E-state index in [0.717, 1.165) is 36.8 Å². The molecule has 1 fully saturated rings. The van der Waals surface area contributed by atoms with Gasteiger partial charge in [0.2, 0.25) is 16.0 Å². The molecule has 6 nitrogen and oxygen atoms in total. The maximum atomic E-state index is 12.4. The van der Waals surface area contributed by atoms with E-state index in [4.69, 9.17) is 0 Å². The number of fused-ring (bicyclic) bond motifs is 1. The highest BCUT2D eigenvalue weighted by Gasteiger charge is 2.22. The monoisotopic (exact) mass is 341 g/mol. The zero-order chi connectivity index (χ0) is 16.5. The number of nitrogens with one attached hydrogen (secondary N) is 1. The van der Waals surface area contributed by atoms with E-state index in [9.17, 15) is 4.79 Å². The summed E-state index contributed by atoms with van der Waals surface area (Å²) in [7, 11) is 0. The maximum absolute atomic E-state index is 12.4. The van der Waals surface area contributed by atoms with Crippen LogP contribution >= 0.6 is 11.3 Å². The third-order valence-electron chi connectivity index (χ3n) is 4.47. The second-order valence-electron chi connectivity index (χ2n) is 6.32. The topological polar surface area (TPSA) is 72.2 Å². The third kappa shape index (κ3) is 2.91. The van der Waals surface area contributed by atoms with Gasteiger partial charge in [0.05, 0.1) is 0 Å². The standard InChI is InChI=1S/C17H19N5OS/c1-11-6-5-9-13(10-11)14-19-20-17-22(14)21-16(24-17)18-15(23)12-7-3-2-4-8-12/h5-6,9-10,12H,2-4,7-8H2,1H3,(H,18,21,23). The first-order valence-corrected chi connectivity index (χ1v) is 9.12. The predicted molar refractivity (Wildman–Crippen MR) is 94.0 cm³/mol. The second kappa shape index (κ2) is 6.32. The van der Waals surface area contributed by atoms with Crippen LogP contribution in [0.4, 0.5) is 5.13 Å². The highest BCUT2D eigenvalue weighted by Crippen LogP contribution is 2.27. The summed E-state index contributed by atoms with van der Waals surface area (Å²) in [6.07, 6.45) is 5.47. The number of rotatable bonds is 3. The van der Waals surface area contributed by atoms with E-state index in [1.54, 1.807) is 4.52 Å². The second-order valence-corrected chi connectivity index (χ2v) is 7.27. The fourth-order valence-electron chi connectivity index (χ4n) is 3.20. The molecule has 1 saturated carbocycles. The largest absolute Gasteiger partial charge is 0.300 e. The van der Waals surface area contributed by atoms with E-state index >= 15 is 0 Å². The van der Waals surface area contributed by atoms with Crippen molar-refractivity contribution in [2.24, 2.45) is 5.92 Å². The molecule has 0 bridgehead atoms. The van der Waals surface area contributed by atoms with Crippen molar-refractivity contribution >= 4 is 27.3 Å². The molecule has 0 radical (unpaired) electrons. The molecule has 1 aliphatic carbocycles.